The summed E-state index contributed by atoms with van der Waals surface area (Å²) in [6, 6.07) is 20.2. The number of aromatic amines is 1. The Morgan fingerprint density at radius 1 is 0.947 bits per heavy atom. The van der Waals surface area contributed by atoms with Gasteiger partial charge in [0.15, 0.2) is 0 Å². The summed E-state index contributed by atoms with van der Waals surface area (Å²) < 4.78 is 0. The van der Waals surface area contributed by atoms with Gasteiger partial charge in [0.2, 0.25) is 0 Å². The topological polar surface area (TPSA) is 54.7 Å². The minimum Gasteiger partial charge on any atom is -0.399 e. The number of hydrogen-bond donors (Lipinski definition) is 2. The van der Waals surface area contributed by atoms with Gasteiger partial charge >= 0.3 is 0 Å². The van der Waals surface area contributed by atoms with Gasteiger partial charge in [-0.15, -0.1) is 0 Å². The number of benzene rings is 2. The Hall–Kier alpha value is -2.55. The molecule has 0 bridgehead atoms. The molecule has 0 unspecified atom stereocenters. The van der Waals surface area contributed by atoms with Crippen molar-refractivity contribution in [3.05, 3.63) is 71.9 Å². The van der Waals surface area contributed by atoms with Crippen LogP contribution in [0.15, 0.2) is 60.7 Å². The zero-order valence-corrected chi connectivity index (χ0v) is 10.5. The van der Waals surface area contributed by atoms with E-state index in [1.165, 1.54) is 5.56 Å². The number of nitrogens with zero attached hydrogens (tertiary/aromatic N) is 1. The molecule has 3 N–H and O–H groups in total. The number of H-pyrrole nitrogens is 1. The number of aromatic nitrogens is 2. The molecule has 19 heavy (non-hydrogen) atoms. The van der Waals surface area contributed by atoms with Crippen molar-refractivity contribution in [1.82, 2.24) is 10.2 Å². The first-order valence-electron chi connectivity index (χ1n) is 6.25. The van der Waals surface area contributed by atoms with Gasteiger partial charge in [0.1, 0.15) is 0 Å². The Labute approximate surface area is 112 Å². The Morgan fingerprint density at radius 3 is 2.58 bits per heavy atom. The fourth-order valence-corrected chi connectivity index (χ4v) is 2.11. The summed E-state index contributed by atoms with van der Waals surface area (Å²) in [5, 5.41) is 7.42. The number of anilines is 1. The van der Waals surface area contributed by atoms with Crippen LogP contribution in [-0.2, 0) is 6.42 Å². The van der Waals surface area contributed by atoms with Crippen LogP contribution in [0.2, 0.25) is 0 Å². The summed E-state index contributed by atoms with van der Waals surface area (Å²) in [6.07, 6.45) is 0.857. The number of nitrogens with two attached hydrogens (primary N) is 1. The van der Waals surface area contributed by atoms with Gasteiger partial charge in [-0.3, -0.25) is 5.10 Å². The van der Waals surface area contributed by atoms with E-state index in [-0.39, 0.29) is 0 Å². The molecular weight excluding hydrogens is 234 g/mol. The number of nitrogens with one attached hydrogen (secondary N) is 1. The fourth-order valence-electron chi connectivity index (χ4n) is 2.11. The Bertz CT molecular complexity index is 671. The molecule has 3 heteroatoms. The lowest BCUT2D eigenvalue weighted by molar-refractivity contribution is 0.999. The third-order valence-corrected chi connectivity index (χ3v) is 3.05. The van der Waals surface area contributed by atoms with Crippen LogP contribution < -0.4 is 5.73 Å². The second kappa shape index (κ2) is 4.98. The molecule has 0 saturated carbocycles. The van der Waals surface area contributed by atoms with Crippen LogP contribution in [0, 0.1) is 0 Å². The molecule has 0 aliphatic carbocycles. The average molecular weight is 249 g/mol. The quantitative estimate of drug-likeness (QED) is 0.700. The lowest BCUT2D eigenvalue weighted by Crippen LogP contribution is -1.87. The summed E-state index contributed by atoms with van der Waals surface area (Å²) in [7, 11) is 0. The molecule has 0 radical (unpaired) electrons. The van der Waals surface area contributed by atoms with Crippen molar-refractivity contribution in [1.29, 1.82) is 0 Å². The minimum atomic E-state index is 0.755. The van der Waals surface area contributed by atoms with Crippen LogP contribution in [-0.4, -0.2) is 10.2 Å². The minimum absolute atomic E-state index is 0.755. The highest BCUT2D eigenvalue weighted by molar-refractivity contribution is 5.64. The van der Waals surface area contributed by atoms with E-state index in [0.29, 0.717) is 0 Å². The van der Waals surface area contributed by atoms with Crippen molar-refractivity contribution >= 4 is 5.69 Å². The molecule has 0 atom stereocenters. The van der Waals surface area contributed by atoms with Gasteiger partial charge in [0, 0.05) is 23.4 Å². The standard InChI is InChI=1S/C16H15N3/c17-14-8-4-7-13(10-14)16-11-15(18-19-16)9-12-5-2-1-3-6-12/h1-8,10-11H,9,17H2,(H,18,19). The van der Waals surface area contributed by atoms with Gasteiger partial charge in [-0.25, -0.2) is 0 Å². The normalized spacial score (nSPS) is 10.5. The van der Waals surface area contributed by atoms with Gasteiger partial charge in [0.05, 0.1) is 5.69 Å². The van der Waals surface area contributed by atoms with E-state index in [9.17, 15) is 0 Å². The van der Waals surface area contributed by atoms with Gasteiger partial charge in [-0.05, 0) is 23.8 Å². The lowest BCUT2D eigenvalue weighted by Gasteiger charge is -1.98. The Kier molecular flexibility index (Phi) is 3.02. The van der Waals surface area contributed by atoms with Crippen molar-refractivity contribution < 1.29 is 0 Å². The maximum atomic E-state index is 5.79. The van der Waals surface area contributed by atoms with Gasteiger partial charge in [-0.2, -0.15) is 5.10 Å². The van der Waals surface area contributed by atoms with Gasteiger partial charge in [-0.1, -0.05) is 42.5 Å². The van der Waals surface area contributed by atoms with Gasteiger partial charge < -0.3 is 5.73 Å². The summed E-state index contributed by atoms with van der Waals surface area (Å²) >= 11 is 0. The van der Waals surface area contributed by atoms with Gasteiger partial charge in [0.25, 0.3) is 0 Å². The summed E-state index contributed by atoms with van der Waals surface area (Å²) in [5.74, 6) is 0. The van der Waals surface area contributed by atoms with Crippen LogP contribution in [0.1, 0.15) is 11.3 Å². The molecule has 0 saturated heterocycles. The molecular formula is C16H15N3. The maximum Gasteiger partial charge on any atom is 0.0924 e. The fraction of sp³-hybridized carbons (Fsp3) is 0.0625. The first-order valence-corrected chi connectivity index (χ1v) is 6.25. The molecule has 0 amide bonds. The van der Waals surface area contributed by atoms with E-state index in [4.69, 9.17) is 5.73 Å². The predicted octanol–water partition coefficient (Wildman–Crippen LogP) is 3.25. The van der Waals surface area contributed by atoms with E-state index in [0.717, 1.165) is 29.1 Å². The van der Waals surface area contributed by atoms with Crippen molar-refractivity contribution in [3.63, 3.8) is 0 Å². The van der Waals surface area contributed by atoms with E-state index in [2.05, 4.69) is 28.4 Å². The Balaban J connectivity index is 1.84. The highest BCUT2D eigenvalue weighted by Gasteiger charge is 2.04. The number of nitrogen functional groups attached to an aromatic ring is 1. The monoisotopic (exact) mass is 249 g/mol. The first kappa shape index (κ1) is 11.5. The van der Waals surface area contributed by atoms with Crippen LogP contribution in [0.25, 0.3) is 11.3 Å². The number of hydrogen-bond acceptors (Lipinski definition) is 2. The third kappa shape index (κ3) is 2.65. The van der Waals surface area contributed by atoms with Crippen LogP contribution in [0.5, 0.6) is 0 Å². The average Bonchev–Trinajstić information content (AvgIpc) is 2.88. The van der Waals surface area contributed by atoms with Crippen LogP contribution in [0.4, 0.5) is 5.69 Å². The molecule has 94 valence electrons. The zero-order chi connectivity index (χ0) is 13.1. The second-order valence-corrected chi connectivity index (χ2v) is 4.57. The Morgan fingerprint density at radius 2 is 1.79 bits per heavy atom. The molecule has 0 spiro atoms. The highest BCUT2D eigenvalue weighted by Crippen LogP contribution is 2.20. The molecule has 3 nitrogen and oxygen atoms in total. The zero-order valence-electron chi connectivity index (χ0n) is 10.5. The van der Waals surface area contributed by atoms with Crippen molar-refractivity contribution in [2.24, 2.45) is 0 Å². The van der Waals surface area contributed by atoms with Crippen LogP contribution in [0.3, 0.4) is 0 Å². The molecule has 0 fully saturated rings. The van der Waals surface area contributed by atoms with Crippen LogP contribution >= 0.6 is 0 Å². The maximum absolute atomic E-state index is 5.79. The van der Waals surface area contributed by atoms with Crippen molar-refractivity contribution in [3.8, 4) is 11.3 Å². The molecule has 3 aromatic rings. The van der Waals surface area contributed by atoms with E-state index < -0.39 is 0 Å². The summed E-state index contributed by atoms with van der Waals surface area (Å²) in [4.78, 5) is 0. The van der Waals surface area contributed by atoms with E-state index in [1.54, 1.807) is 0 Å². The smallest absolute Gasteiger partial charge is 0.0924 e. The molecule has 0 aliphatic rings. The lowest BCUT2D eigenvalue weighted by atomic mass is 10.1. The molecule has 2 aromatic carbocycles. The SMILES string of the molecule is Nc1cccc(-c2cc(Cc3ccccc3)[nH]n2)c1. The largest absolute Gasteiger partial charge is 0.399 e. The summed E-state index contributed by atoms with van der Waals surface area (Å²) in [6.45, 7) is 0. The van der Waals surface area contributed by atoms with Crippen molar-refractivity contribution in [2.45, 2.75) is 6.42 Å². The molecule has 1 aromatic heterocycles. The second-order valence-electron chi connectivity index (χ2n) is 4.57. The van der Waals surface area contributed by atoms with E-state index in [1.807, 2.05) is 42.5 Å². The summed E-state index contributed by atoms with van der Waals surface area (Å²) in [5.41, 5.74) is 10.9. The third-order valence-electron chi connectivity index (χ3n) is 3.05. The van der Waals surface area contributed by atoms with E-state index >= 15 is 0 Å². The van der Waals surface area contributed by atoms with Crippen molar-refractivity contribution in [2.75, 3.05) is 5.73 Å². The molecule has 0 aliphatic heterocycles. The predicted molar refractivity (Wildman–Crippen MR) is 77.7 cm³/mol. The first-order chi connectivity index (χ1) is 9.31. The highest BCUT2D eigenvalue weighted by atomic mass is 15.1. The molecule has 3 rings (SSSR count). The number of rotatable bonds is 3. The molecule has 1 heterocycles.